The highest BCUT2D eigenvalue weighted by atomic mass is 32.2. The zero-order valence-electron chi connectivity index (χ0n) is 13.1. The number of hydrogen-bond acceptors (Lipinski definition) is 6. The number of hydrogen-bond donors (Lipinski definition) is 3. The SMILES string of the molecule is O=C(O)c1ccc2c(=O)n(OS(=O)O)c(=O)c3ccc(C(=O)O)cc3c2c1. The molecule has 0 spiro atoms. The second-order valence-corrected chi connectivity index (χ2v) is 5.91. The van der Waals surface area contributed by atoms with Crippen LogP contribution in [0.4, 0.5) is 0 Å². The van der Waals surface area contributed by atoms with Gasteiger partial charge in [-0.2, -0.15) is 4.21 Å². The number of aromatic carboxylic acids is 2. The first-order valence-electron chi connectivity index (χ1n) is 7.14. The Bertz CT molecular complexity index is 1190. The second-order valence-electron chi connectivity index (χ2n) is 5.33. The molecule has 0 saturated carbocycles. The Morgan fingerprint density at radius 3 is 1.56 bits per heavy atom. The van der Waals surface area contributed by atoms with E-state index in [1.54, 1.807) is 0 Å². The monoisotopic (exact) mass is 391 g/mol. The first-order chi connectivity index (χ1) is 12.7. The van der Waals surface area contributed by atoms with Crippen LogP contribution in [0.3, 0.4) is 0 Å². The van der Waals surface area contributed by atoms with E-state index < -0.39 is 34.4 Å². The molecule has 1 unspecified atom stereocenters. The Morgan fingerprint density at radius 2 is 1.22 bits per heavy atom. The quantitative estimate of drug-likeness (QED) is 0.537. The third-order valence-electron chi connectivity index (χ3n) is 3.79. The van der Waals surface area contributed by atoms with Crippen LogP contribution in [-0.4, -0.2) is 35.6 Å². The lowest BCUT2D eigenvalue weighted by atomic mass is 10.0. The lowest BCUT2D eigenvalue weighted by molar-refractivity contribution is 0.0686. The van der Waals surface area contributed by atoms with E-state index in [9.17, 15) is 33.6 Å². The summed E-state index contributed by atoms with van der Waals surface area (Å²) in [6.45, 7) is 0. The maximum absolute atomic E-state index is 12.6. The van der Waals surface area contributed by atoms with E-state index in [0.29, 0.717) is 0 Å². The van der Waals surface area contributed by atoms with Gasteiger partial charge in [0.2, 0.25) is 0 Å². The zero-order valence-corrected chi connectivity index (χ0v) is 13.9. The Labute approximate surface area is 151 Å². The molecular formula is C16H9NO9S. The summed E-state index contributed by atoms with van der Waals surface area (Å²) >= 11 is -2.99. The van der Waals surface area contributed by atoms with Crippen molar-refractivity contribution in [3.05, 3.63) is 68.2 Å². The molecule has 0 aliphatic carbocycles. The summed E-state index contributed by atoms with van der Waals surface area (Å²) in [6.07, 6.45) is 0. The number of fused-ring (bicyclic) bond motifs is 3. The van der Waals surface area contributed by atoms with Crippen LogP contribution in [0.2, 0.25) is 0 Å². The predicted octanol–water partition coefficient (Wildman–Crippen LogP) is 0.477. The van der Waals surface area contributed by atoms with E-state index in [-0.39, 0.29) is 37.4 Å². The number of benzene rings is 2. The van der Waals surface area contributed by atoms with E-state index in [0.717, 1.165) is 36.4 Å². The second kappa shape index (κ2) is 6.63. The molecule has 0 saturated heterocycles. The number of aromatic nitrogens is 1. The van der Waals surface area contributed by atoms with Gasteiger partial charge in [0.25, 0.3) is 11.1 Å². The number of nitrogens with zero attached hydrogens (tertiary/aromatic N) is 1. The van der Waals surface area contributed by atoms with Gasteiger partial charge in [0.15, 0.2) is 0 Å². The van der Waals surface area contributed by atoms with Crippen molar-refractivity contribution < 1.29 is 32.8 Å². The topological polar surface area (TPSA) is 160 Å². The summed E-state index contributed by atoms with van der Waals surface area (Å²) in [5.74, 6) is -2.61. The molecule has 3 rings (SSSR count). The molecule has 0 fully saturated rings. The van der Waals surface area contributed by atoms with Crippen molar-refractivity contribution in [2.45, 2.75) is 0 Å². The molecule has 0 amide bonds. The van der Waals surface area contributed by atoms with Crippen LogP contribution in [0.15, 0.2) is 46.0 Å². The van der Waals surface area contributed by atoms with Gasteiger partial charge in [0.05, 0.1) is 21.9 Å². The summed E-state index contributed by atoms with van der Waals surface area (Å²) in [5, 5.41) is 17.9. The van der Waals surface area contributed by atoms with Crippen LogP contribution in [0.1, 0.15) is 20.7 Å². The molecule has 1 heterocycles. The average Bonchev–Trinajstić information content (AvgIpc) is 2.70. The standard InChI is InChI=1S/C16H9NO9S/c18-13-9-3-1-7(15(20)21)5-11(9)12-6-8(16(22)23)2-4-10(12)14(19)17(13)26-27(24)25/h1-6H,(H,20,21)(H,22,23)(H,24,25). The van der Waals surface area contributed by atoms with Gasteiger partial charge in [0.1, 0.15) is 0 Å². The number of carboxylic acid groups (broad SMARTS) is 2. The number of carboxylic acids is 2. The summed E-state index contributed by atoms with van der Waals surface area (Å²) in [5.41, 5.74) is -2.63. The minimum Gasteiger partial charge on any atom is -0.478 e. The molecular weight excluding hydrogens is 382 g/mol. The third kappa shape index (κ3) is 3.16. The van der Waals surface area contributed by atoms with E-state index >= 15 is 0 Å². The fraction of sp³-hybridized carbons (Fsp3) is 0. The molecule has 0 aliphatic rings. The minimum atomic E-state index is -2.99. The predicted molar refractivity (Wildman–Crippen MR) is 93.3 cm³/mol. The van der Waals surface area contributed by atoms with Crippen molar-refractivity contribution in [1.82, 2.24) is 4.73 Å². The molecule has 0 aliphatic heterocycles. The molecule has 1 aromatic heterocycles. The summed E-state index contributed by atoms with van der Waals surface area (Å²) in [6, 6.07) is 6.62. The summed E-state index contributed by atoms with van der Waals surface area (Å²) in [4.78, 5) is 47.8. The van der Waals surface area contributed by atoms with Gasteiger partial charge in [0, 0.05) is 0 Å². The molecule has 0 radical (unpaired) electrons. The summed E-state index contributed by atoms with van der Waals surface area (Å²) in [7, 11) is 0. The first kappa shape index (κ1) is 18.2. The highest BCUT2D eigenvalue weighted by molar-refractivity contribution is 7.74. The Balaban J connectivity index is 2.66. The molecule has 11 heteroatoms. The van der Waals surface area contributed by atoms with E-state index in [1.807, 2.05) is 0 Å². The van der Waals surface area contributed by atoms with E-state index in [1.165, 1.54) is 0 Å². The molecule has 0 bridgehead atoms. The van der Waals surface area contributed by atoms with Crippen LogP contribution < -0.4 is 15.4 Å². The molecule has 1 atom stereocenters. The van der Waals surface area contributed by atoms with Gasteiger partial charge in [-0.15, -0.1) is 0 Å². The van der Waals surface area contributed by atoms with Crippen LogP contribution in [-0.2, 0) is 11.4 Å². The van der Waals surface area contributed by atoms with Crippen molar-refractivity contribution >= 4 is 44.8 Å². The summed E-state index contributed by atoms with van der Waals surface area (Å²) < 4.78 is 24.3. The smallest absolute Gasteiger partial charge is 0.377 e. The van der Waals surface area contributed by atoms with Crippen LogP contribution in [0, 0.1) is 0 Å². The lowest BCUT2D eigenvalue weighted by Gasteiger charge is -2.01. The van der Waals surface area contributed by atoms with Gasteiger partial charge in [-0.1, -0.05) is 4.73 Å². The zero-order chi connectivity index (χ0) is 19.9. The van der Waals surface area contributed by atoms with E-state index in [2.05, 4.69) is 4.28 Å². The van der Waals surface area contributed by atoms with Crippen LogP contribution >= 0.6 is 0 Å². The van der Waals surface area contributed by atoms with E-state index in [4.69, 9.17) is 4.55 Å². The lowest BCUT2D eigenvalue weighted by Crippen LogP contribution is -2.36. The molecule has 3 N–H and O–H groups in total. The average molecular weight is 391 g/mol. The molecule has 10 nitrogen and oxygen atoms in total. The van der Waals surface area contributed by atoms with Gasteiger partial charge in [-0.3, -0.25) is 18.4 Å². The largest absolute Gasteiger partial charge is 0.478 e. The number of carbonyl (C=O) groups is 2. The minimum absolute atomic E-state index is 0.0267. The highest BCUT2D eigenvalue weighted by Crippen LogP contribution is 2.22. The van der Waals surface area contributed by atoms with Crippen molar-refractivity contribution in [1.29, 1.82) is 0 Å². The first-order valence-corrected chi connectivity index (χ1v) is 8.17. The molecule has 2 aromatic carbocycles. The highest BCUT2D eigenvalue weighted by Gasteiger charge is 2.17. The van der Waals surface area contributed by atoms with Gasteiger partial charge >= 0.3 is 23.3 Å². The van der Waals surface area contributed by atoms with Gasteiger partial charge in [-0.05, 0) is 47.2 Å². The molecule has 27 heavy (non-hydrogen) atoms. The Hall–Kier alpha value is -3.57. The van der Waals surface area contributed by atoms with Crippen LogP contribution in [0.5, 0.6) is 0 Å². The molecule has 138 valence electrons. The third-order valence-corrected chi connectivity index (χ3v) is 4.07. The van der Waals surface area contributed by atoms with Gasteiger partial charge < -0.3 is 10.2 Å². The normalized spacial score (nSPS) is 12.0. The van der Waals surface area contributed by atoms with Crippen LogP contribution in [0.25, 0.3) is 21.5 Å². The van der Waals surface area contributed by atoms with Crippen molar-refractivity contribution in [2.24, 2.45) is 0 Å². The maximum Gasteiger partial charge on any atom is 0.377 e. The fourth-order valence-electron chi connectivity index (χ4n) is 2.62. The van der Waals surface area contributed by atoms with Crippen molar-refractivity contribution in [3.63, 3.8) is 0 Å². The van der Waals surface area contributed by atoms with Gasteiger partial charge in [-0.25, -0.2) is 9.59 Å². The van der Waals surface area contributed by atoms with Crippen molar-refractivity contribution in [2.75, 3.05) is 0 Å². The Morgan fingerprint density at radius 1 is 0.815 bits per heavy atom. The fourth-order valence-corrected chi connectivity index (χ4v) is 2.88. The molecule has 3 aromatic rings. The van der Waals surface area contributed by atoms with Crippen molar-refractivity contribution in [3.8, 4) is 0 Å². The number of rotatable bonds is 4. The maximum atomic E-state index is 12.6. The Kier molecular flexibility index (Phi) is 4.47.